The van der Waals surface area contributed by atoms with Gasteiger partial charge in [-0.15, -0.1) is 0 Å². The lowest BCUT2D eigenvalue weighted by atomic mass is 9.70. The summed E-state index contributed by atoms with van der Waals surface area (Å²) in [4.78, 5) is 5.05. The first-order valence-corrected chi connectivity index (χ1v) is 14.1. The Kier molecular flexibility index (Phi) is 4.79. The third kappa shape index (κ3) is 3.01. The van der Waals surface area contributed by atoms with Crippen LogP contribution in [0, 0.1) is 0 Å². The normalized spacial score (nSPS) is 18.4. The minimum Gasteiger partial charge on any atom is -0.398 e. The topological polar surface area (TPSA) is 31.4 Å². The molecule has 1 spiro atoms. The smallest absolute Gasteiger partial charge is 0.398 e. The Balaban J connectivity index is 1.30. The highest BCUT2D eigenvalue weighted by Gasteiger charge is 2.53. The predicted octanol–water partition coefficient (Wildman–Crippen LogP) is 7.39. The van der Waals surface area contributed by atoms with E-state index in [2.05, 4.69) is 131 Å². The van der Waals surface area contributed by atoms with Crippen molar-refractivity contribution >= 4 is 12.7 Å². The number of pyridine rings is 1. The van der Waals surface area contributed by atoms with Gasteiger partial charge in [-0.2, -0.15) is 0 Å². The van der Waals surface area contributed by atoms with E-state index in [1.807, 2.05) is 6.07 Å². The van der Waals surface area contributed by atoms with Gasteiger partial charge < -0.3 is 9.31 Å². The molecule has 1 saturated heterocycles. The fourth-order valence-electron chi connectivity index (χ4n) is 6.97. The van der Waals surface area contributed by atoms with Crippen molar-refractivity contribution in [2.45, 2.75) is 44.3 Å². The monoisotopic (exact) mass is 519 g/mol. The summed E-state index contributed by atoms with van der Waals surface area (Å²) in [5.74, 6) is 0. The van der Waals surface area contributed by atoms with Crippen LogP contribution in [-0.2, 0) is 14.7 Å². The largest absolute Gasteiger partial charge is 0.514 e. The molecule has 0 saturated carbocycles. The molecule has 194 valence electrons. The zero-order valence-electron chi connectivity index (χ0n) is 23.2. The van der Waals surface area contributed by atoms with Gasteiger partial charge in [-0.3, -0.25) is 4.98 Å². The Bertz CT molecular complexity index is 1780. The fourth-order valence-corrected chi connectivity index (χ4v) is 6.97. The molecule has 1 aromatic heterocycles. The number of fused-ring (bicyclic) bond motifs is 10. The van der Waals surface area contributed by atoms with Crippen LogP contribution >= 0.6 is 0 Å². The Morgan fingerprint density at radius 3 is 1.60 bits per heavy atom. The summed E-state index contributed by atoms with van der Waals surface area (Å²) in [6.45, 7) is 8.29. The zero-order valence-corrected chi connectivity index (χ0v) is 23.2. The van der Waals surface area contributed by atoms with E-state index in [-0.39, 0.29) is 5.41 Å². The lowest BCUT2D eigenvalue weighted by molar-refractivity contribution is 0.00578. The summed E-state index contributed by atoms with van der Waals surface area (Å²) in [6, 6.07) is 39.7. The van der Waals surface area contributed by atoms with Crippen LogP contribution in [0.2, 0.25) is 0 Å². The molecule has 5 aromatic rings. The van der Waals surface area contributed by atoms with Gasteiger partial charge in [0.25, 0.3) is 0 Å². The van der Waals surface area contributed by atoms with Crippen molar-refractivity contribution in [2.75, 3.05) is 0 Å². The molecule has 2 aliphatic carbocycles. The second-order valence-corrected chi connectivity index (χ2v) is 12.2. The van der Waals surface area contributed by atoms with Crippen LogP contribution in [-0.4, -0.2) is 23.3 Å². The lowest BCUT2D eigenvalue weighted by Crippen LogP contribution is -2.41. The lowest BCUT2D eigenvalue weighted by Gasteiger charge is -2.32. The predicted molar refractivity (Wildman–Crippen MR) is 162 cm³/mol. The van der Waals surface area contributed by atoms with E-state index < -0.39 is 18.3 Å². The molecule has 0 atom stereocenters. The van der Waals surface area contributed by atoms with E-state index in [0.29, 0.717) is 0 Å². The van der Waals surface area contributed by atoms with E-state index in [0.717, 1.165) is 16.9 Å². The van der Waals surface area contributed by atoms with Gasteiger partial charge in [-0.05, 0) is 90.4 Å². The molecule has 1 fully saturated rings. The Morgan fingerprint density at radius 1 is 0.525 bits per heavy atom. The van der Waals surface area contributed by atoms with Crippen molar-refractivity contribution < 1.29 is 9.31 Å². The summed E-state index contributed by atoms with van der Waals surface area (Å²) in [5, 5.41) is 0. The summed E-state index contributed by atoms with van der Waals surface area (Å²) in [5.41, 5.74) is 12.2. The summed E-state index contributed by atoms with van der Waals surface area (Å²) in [6.07, 6.45) is 0. The maximum Gasteiger partial charge on any atom is 0.514 e. The maximum absolute atomic E-state index is 6.31. The van der Waals surface area contributed by atoms with Crippen molar-refractivity contribution in [1.82, 2.24) is 4.98 Å². The van der Waals surface area contributed by atoms with Crippen LogP contribution in [0.25, 0.3) is 33.5 Å². The average molecular weight is 519 g/mol. The third-order valence-electron chi connectivity index (χ3n) is 9.56. The van der Waals surface area contributed by atoms with Gasteiger partial charge in [0.1, 0.15) is 0 Å². The molecule has 1 aliphatic heterocycles. The summed E-state index contributed by atoms with van der Waals surface area (Å²) < 4.78 is 12.6. The molecule has 4 aromatic carbocycles. The molecule has 3 nitrogen and oxygen atoms in total. The Labute approximate surface area is 236 Å². The van der Waals surface area contributed by atoms with Crippen molar-refractivity contribution in [3.05, 3.63) is 131 Å². The van der Waals surface area contributed by atoms with Gasteiger partial charge in [-0.25, -0.2) is 0 Å². The van der Waals surface area contributed by atoms with Crippen LogP contribution in [0.15, 0.2) is 109 Å². The first-order chi connectivity index (χ1) is 19.3. The first kappa shape index (κ1) is 23.9. The quantitative estimate of drug-likeness (QED) is 0.223. The molecular weight excluding hydrogens is 489 g/mol. The van der Waals surface area contributed by atoms with Gasteiger partial charge in [0.05, 0.1) is 27.9 Å². The van der Waals surface area contributed by atoms with Gasteiger partial charge in [-0.1, -0.05) is 91.0 Å². The molecular formula is C36H30BNO2. The van der Waals surface area contributed by atoms with E-state index >= 15 is 0 Å². The van der Waals surface area contributed by atoms with E-state index in [4.69, 9.17) is 14.3 Å². The highest BCUT2D eigenvalue weighted by Crippen LogP contribution is 2.62. The van der Waals surface area contributed by atoms with Crippen molar-refractivity contribution in [3.8, 4) is 33.5 Å². The number of rotatable bonds is 2. The number of hydrogen-bond acceptors (Lipinski definition) is 3. The standard InChI is InChI=1S/C36H30BNO2/c1-34(2)35(3,4)40-37(39-34)33-19-11-18-32(38-33)23-20-21-31-27(22-23)26-14-7-10-17-30(26)36(31)28-15-8-5-12-24(28)25-13-6-9-16-29(25)36/h5-22H,1-4H3. The van der Waals surface area contributed by atoms with E-state index in [1.54, 1.807) is 0 Å². The molecule has 0 radical (unpaired) electrons. The van der Waals surface area contributed by atoms with E-state index in [1.165, 1.54) is 44.5 Å². The molecule has 2 heterocycles. The molecule has 0 N–H and O–H groups in total. The molecule has 8 rings (SSSR count). The van der Waals surface area contributed by atoms with Crippen LogP contribution in [0.3, 0.4) is 0 Å². The van der Waals surface area contributed by atoms with E-state index in [9.17, 15) is 0 Å². The zero-order chi connectivity index (χ0) is 27.3. The molecule has 40 heavy (non-hydrogen) atoms. The SMILES string of the molecule is CC1(C)OB(c2cccc(-c3ccc4c(c3)-c3ccccc3C43c4ccccc4-c4ccccc43)n2)OC1(C)C. The number of aromatic nitrogens is 1. The minimum atomic E-state index is -0.491. The number of nitrogens with zero attached hydrogens (tertiary/aromatic N) is 1. The van der Waals surface area contributed by atoms with Crippen molar-refractivity contribution in [2.24, 2.45) is 0 Å². The molecule has 4 heteroatoms. The maximum atomic E-state index is 6.31. The second kappa shape index (κ2) is 8.03. The van der Waals surface area contributed by atoms with Crippen LogP contribution in [0.5, 0.6) is 0 Å². The first-order valence-electron chi connectivity index (χ1n) is 14.1. The molecule has 0 unspecified atom stereocenters. The summed E-state index contributed by atoms with van der Waals surface area (Å²) in [7, 11) is -0.491. The van der Waals surface area contributed by atoms with Gasteiger partial charge in [0.15, 0.2) is 0 Å². The third-order valence-corrected chi connectivity index (χ3v) is 9.56. The van der Waals surface area contributed by atoms with Crippen LogP contribution in [0.4, 0.5) is 0 Å². The molecule has 0 bridgehead atoms. The minimum absolute atomic E-state index is 0.324. The average Bonchev–Trinajstić information content (AvgIpc) is 3.52. The van der Waals surface area contributed by atoms with Gasteiger partial charge >= 0.3 is 7.12 Å². The second-order valence-electron chi connectivity index (χ2n) is 12.2. The van der Waals surface area contributed by atoms with Crippen molar-refractivity contribution in [1.29, 1.82) is 0 Å². The molecule has 3 aliphatic rings. The molecule has 0 amide bonds. The Morgan fingerprint density at radius 2 is 1.02 bits per heavy atom. The fraction of sp³-hybridized carbons (Fsp3) is 0.194. The van der Waals surface area contributed by atoms with Crippen molar-refractivity contribution in [3.63, 3.8) is 0 Å². The Hall–Kier alpha value is -3.99. The highest BCUT2D eigenvalue weighted by molar-refractivity contribution is 6.61. The summed E-state index contributed by atoms with van der Waals surface area (Å²) >= 11 is 0. The highest BCUT2D eigenvalue weighted by atomic mass is 16.7. The number of benzene rings is 4. The van der Waals surface area contributed by atoms with Gasteiger partial charge in [0, 0.05) is 5.56 Å². The van der Waals surface area contributed by atoms with Gasteiger partial charge in [0.2, 0.25) is 0 Å². The van der Waals surface area contributed by atoms with Crippen LogP contribution < -0.4 is 5.59 Å². The van der Waals surface area contributed by atoms with Crippen LogP contribution in [0.1, 0.15) is 49.9 Å². The number of hydrogen-bond donors (Lipinski definition) is 0.